The molecule has 2 atom stereocenters. The van der Waals surface area contributed by atoms with Gasteiger partial charge in [-0.1, -0.05) is 18.2 Å². The van der Waals surface area contributed by atoms with E-state index in [9.17, 15) is 23.1 Å². The third kappa shape index (κ3) is 3.91. The Morgan fingerprint density at radius 2 is 1.79 bits per heavy atom. The first kappa shape index (κ1) is 20.0. The van der Waals surface area contributed by atoms with Gasteiger partial charge < -0.3 is 19.3 Å². The number of hydrogen-bond acceptors (Lipinski definition) is 5. The zero-order valence-corrected chi connectivity index (χ0v) is 15.2. The average molecular weight is 396 g/mol. The van der Waals surface area contributed by atoms with E-state index in [1.165, 1.54) is 12.1 Å². The van der Waals surface area contributed by atoms with Gasteiger partial charge in [-0.25, -0.2) is 0 Å². The topological polar surface area (TPSA) is 65.0 Å². The van der Waals surface area contributed by atoms with Crippen molar-refractivity contribution in [2.24, 2.45) is 5.92 Å². The first-order valence-electron chi connectivity index (χ1n) is 8.53. The van der Waals surface area contributed by atoms with E-state index in [-0.39, 0.29) is 17.9 Å². The molecule has 5 nitrogen and oxygen atoms in total. The van der Waals surface area contributed by atoms with Crippen LogP contribution in [0.3, 0.4) is 0 Å². The minimum Gasteiger partial charge on any atom is -0.497 e. The van der Waals surface area contributed by atoms with Crippen molar-refractivity contribution >= 4 is 5.97 Å². The summed E-state index contributed by atoms with van der Waals surface area (Å²) in [5.41, 5.74) is -2.49. The normalized spacial score (nSPS) is 18.4. The molecule has 2 aromatic carbocycles. The summed E-state index contributed by atoms with van der Waals surface area (Å²) in [6.45, 7) is 0.791. The number of fused-ring (bicyclic) bond motifs is 1. The summed E-state index contributed by atoms with van der Waals surface area (Å²) in [6, 6.07) is 9.90. The van der Waals surface area contributed by atoms with E-state index in [0.29, 0.717) is 24.8 Å². The van der Waals surface area contributed by atoms with Gasteiger partial charge in [-0.3, -0.25) is 4.79 Å². The van der Waals surface area contributed by atoms with Crippen molar-refractivity contribution in [2.45, 2.75) is 25.1 Å². The molecule has 0 unspecified atom stereocenters. The zero-order chi connectivity index (χ0) is 20.5. The van der Waals surface area contributed by atoms with E-state index in [1.54, 1.807) is 19.2 Å². The average Bonchev–Trinajstić information content (AvgIpc) is 2.66. The molecular formula is C20H19F3O5. The van der Waals surface area contributed by atoms with Crippen LogP contribution in [0, 0.1) is 5.92 Å². The summed E-state index contributed by atoms with van der Waals surface area (Å²) in [5, 5.41) is 9.67. The van der Waals surface area contributed by atoms with E-state index in [2.05, 4.69) is 0 Å². The number of alkyl halides is 3. The lowest BCUT2D eigenvalue weighted by molar-refractivity contribution is -0.258. The highest BCUT2D eigenvalue weighted by atomic mass is 19.4. The lowest BCUT2D eigenvalue weighted by atomic mass is 9.95. The van der Waals surface area contributed by atoms with Crippen molar-refractivity contribution in [3.8, 4) is 17.2 Å². The molecule has 0 aromatic heterocycles. The lowest BCUT2D eigenvalue weighted by Gasteiger charge is -2.27. The van der Waals surface area contributed by atoms with Crippen molar-refractivity contribution in [3.05, 3.63) is 53.6 Å². The van der Waals surface area contributed by atoms with E-state index in [0.717, 1.165) is 17.7 Å². The van der Waals surface area contributed by atoms with Crippen molar-refractivity contribution < 1.29 is 37.3 Å². The number of rotatable bonds is 4. The van der Waals surface area contributed by atoms with Crippen LogP contribution in [0.15, 0.2) is 42.5 Å². The first-order chi connectivity index (χ1) is 13.1. The zero-order valence-electron chi connectivity index (χ0n) is 15.2. The summed E-state index contributed by atoms with van der Waals surface area (Å²) in [5.74, 6) is 0.291. The molecule has 0 bridgehead atoms. The van der Waals surface area contributed by atoms with Crippen molar-refractivity contribution in [2.75, 3.05) is 13.7 Å². The summed E-state index contributed by atoms with van der Waals surface area (Å²) < 4.78 is 54.6. The number of aliphatic hydroxyl groups is 1. The second-order valence-electron chi connectivity index (χ2n) is 6.70. The number of hydrogen-bond donors (Lipinski definition) is 1. The van der Waals surface area contributed by atoms with Crippen LogP contribution in [0.5, 0.6) is 17.2 Å². The minimum absolute atomic E-state index is 0.0900. The first-order valence-corrected chi connectivity index (χ1v) is 8.53. The van der Waals surface area contributed by atoms with Crippen molar-refractivity contribution in [1.82, 2.24) is 0 Å². The Morgan fingerprint density at radius 3 is 2.39 bits per heavy atom. The van der Waals surface area contributed by atoms with E-state index >= 15 is 0 Å². The molecule has 1 N–H and O–H groups in total. The molecule has 0 radical (unpaired) electrons. The van der Waals surface area contributed by atoms with Crippen molar-refractivity contribution in [3.63, 3.8) is 0 Å². The summed E-state index contributed by atoms with van der Waals surface area (Å²) in [4.78, 5) is 12.4. The Bertz CT molecular complexity index is 859. The maximum Gasteiger partial charge on any atom is 0.421 e. The van der Waals surface area contributed by atoms with E-state index in [1.807, 2.05) is 6.07 Å². The molecule has 3 rings (SSSR count). The van der Waals surface area contributed by atoms with Gasteiger partial charge in [-0.15, -0.1) is 0 Å². The predicted molar refractivity (Wildman–Crippen MR) is 93.4 cm³/mol. The fourth-order valence-electron chi connectivity index (χ4n) is 2.84. The van der Waals surface area contributed by atoms with Gasteiger partial charge in [0.15, 0.2) is 5.60 Å². The minimum atomic E-state index is -4.82. The largest absolute Gasteiger partial charge is 0.497 e. The monoisotopic (exact) mass is 396 g/mol. The Labute approximate surface area is 159 Å². The molecule has 150 valence electrons. The molecule has 28 heavy (non-hydrogen) atoms. The van der Waals surface area contributed by atoms with Gasteiger partial charge in [0.05, 0.1) is 13.0 Å². The SMILES string of the molecule is COc1ccc2c(c1)OC[C@H](C(=O)Oc1ccc([C@@](C)(O)C(F)(F)F)cc1)C2. The molecule has 0 amide bonds. The van der Waals surface area contributed by atoms with Crippen LogP contribution in [0.1, 0.15) is 18.1 Å². The number of methoxy groups -OCH3 is 1. The molecule has 1 aliphatic rings. The predicted octanol–water partition coefficient (Wildman–Crippen LogP) is 3.62. The molecule has 2 aromatic rings. The van der Waals surface area contributed by atoms with Crippen LogP contribution in [0.2, 0.25) is 0 Å². The Morgan fingerprint density at radius 1 is 1.14 bits per heavy atom. The van der Waals surface area contributed by atoms with Gasteiger partial charge in [-0.2, -0.15) is 13.2 Å². The van der Waals surface area contributed by atoms with Gasteiger partial charge in [0, 0.05) is 6.07 Å². The standard InChI is InChI=1S/C20H19F3O5/c1-19(25,20(21,22)23)14-4-7-15(8-5-14)28-18(24)13-9-12-3-6-16(26-2)10-17(12)27-11-13/h3-8,10,13,25H,9,11H2,1-2H3/t13-,19-/m1/s1. The molecule has 8 heteroatoms. The van der Waals surface area contributed by atoms with Gasteiger partial charge in [0.1, 0.15) is 23.9 Å². The molecule has 0 fully saturated rings. The van der Waals surface area contributed by atoms with Crippen LogP contribution in [0.25, 0.3) is 0 Å². The van der Waals surface area contributed by atoms with Gasteiger partial charge in [0.2, 0.25) is 0 Å². The van der Waals surface area contributed by atoms with E-state index in [4.69, 9.17) is 14.2 Å². The summed E-state index contributed by atoms with van der Waals surface area (Å²) >= 11 is 0. The molecule has 0 saturated carbocycles. The smallest absolute Gasteiger partial charge is 0.421 e. The molecule has 0 saturated heterocycles. The van der Waals surface area contributed by atoms with Gasteiger partial charge in [0.25, 0.3) is 0 Å². The lowest BCUT2D eigenvalue weighted by Crippen LogP contribution is -2.39. The maximum atomic E-state index is 12.9. The van der Waals surface area contributed by atoms with Gasteiger partial charge >= 0.3 is 12.1 Å². The Balaban J connectivity index is 1.67. The van der Waals surface area contributed by atoms with Crippen LogP contribution in [-0.4, -0.2) is 31.0 Å². The van der Waals surface area contributed by atoms with Gasteiger partial charge in [-0.05, 0) is 42.7 Å². The summed E-state index contributed by atoms with van der Waals surface area (Å²) in [6.07, 6.45) is -4.40. The van der Waals surface area contributed by atoms with Crippen LogP contribution < -0.4 is 14.2 Å². The second kappa shape index (κ2) is 7.35. The number of esters is 1. The molecule has 1 aliphatic heterocycles. The fraction of sp³-hybridized carbons (Fsp3) is 0.350. The maximum absolute atomic E-state index is 12.9. The third-order valence-electron chi connectivity index (χ3n) is 4.70. The second-order valence-corrected chi connectivity index (χ2v) is 6.70. The third-order valence-corrected chi connectivity index (χ3v) is 4.70. The van der Waals surface area contributed by atoms with Crippen LogP contribution in [0.4, 0.5) is 13.2 Å². The number of benzene rings is 2. The molecule has 1 heterocycles. The molecule has 0 spiro atoms. The van der Waals surface area contributed by atoms with Crippen molar-refractivity contribution in [1.29, 1.82) is 0 Å². The number of ether oxygens (including phenoxy) is 3. The highest BCUT2D eigenvalue weighted by Gasteiger charge is 2.51. The van der Waals surface area contributed by atoms with Crippen LogP contribution in [-0.2, 0) is 16.8 Å². The molecular weight excluding hydrogens is 377 g/mol. The number of carbonyl (C=O) groups is 1. The number of halogens is 3. The molecule has 0 aliphatic carbocycles. The van der Waals surface area contributed by atoms with E-state index < -0.39 is 23.7 Å². The quantitative estimate of drug-likeness (QED) is 0.632. The number of carbonyl (C=O) groups excluding carboxylic acids is 1. The fourth-order valence-corrected chi connectivity index (χ4v) is 2.84. The van der Waals surface area contributed by atoms with Crippen LogP contribution >= 0.6 is 0 Å². The summed E-state index contributed by atoms with van der Waals surface area (Å²) in [7, 11) is 1.55. The highest BCUT2D eigenvalue weighted by molar-refractivity contribution is 5.76. The highest BCUT2D eigenvalue weighted by Crippen LogP contribution is 2.39. The Hall–Kier alpha value is -2.74. The Kier molecular flexibility index (Phi) is 5.25.